The Bertz CT molecular complexity index is 981. The Morgan fingerprint density at radius 3 is 2.73 bits per heavy atom. The summed E-state index contributed by atoms with van der Waals surface area (Å²) < 4.78 is 14.0. The van der Waals surface area contributed by atoms with E-state index < -0.39 is 5.82 Å². The highest BCUT2D eigenvalue weighted by Crippen LogP contribution is 2.34. The van der Waals surface area contributed by atoms with Crippen molar-refractivity contribution < 1.29 is 9.18 Å². The van der Waals surface area contributed by atoms with E-state index in [1.54, 1.807) is 0 Å². The Kier molecular flexibility index (Phi) is 4.28. The van der Waals surface area contributed by atoms with Crippen LogP contribution in [0.1, 0.15) is 21.5 Å². The Morgan fingerprint density at radius 2 is 2.00 bits per heavy atom. The summed E-state index contributed by atoms with van der Waals surface area (Å²) in [5, 5.41) is 3.67. The van der Waals surface area contributed by atoms with Crippen LogP contribution in [-0.4, -0.2) is 43.7 Å². The number of carbonyl (C=O) groups is 1. The van der Waals surface area contributed by atoms with Crippen LogP contribution in [0, 0.1) is 5.82 Å². The van der Waals surface area contributed by atoms with Gasteiger partial charge in [0, 0.05) is 29.7 Å². The molecule has 6 heteroatoms. The van der Waals surface area contributed by atoms with Crippen LogP contribution in [0.4, 0.5) is 4.39 Å². The maximum absolute atomic E-state index is 14.0. The van der Waals surface area contributed by atoms with E-state index in [-0.39, 0.29) is 5.91 Å². The standard InChI is InChI=1S/C20H19BFN3O/c1-25(11-21)10-12-2-4-13(5-3-12)19-15-6-7-23-20(26)16-8-14(22)9-17(24-19)18(15)16/h2-5,8-9,24H,6-7,10-11H2,1H3,(H,23,26). The number of amides is 1. The molecule has 26 heavy (non-hydrogen) atoms. The first-order valence-corrected chi connectivity index (χ1v) is 8.67. The monoisotopic (exact) mass is 347 g/mol. The van der Waals surface area contributed by atoms with E-state index in [1.165, 1.54) is 17.7 Å². The van der Waals surface area contributed by atoms with Gasteiger partial charge in [0.15, 0.2) is 0 Å². The SMILES string of the molecule is [B]CN(C)Cc1ccc(-c2[nH]c3cc(F)cc4c3c2CCNC4=O)cc1. The second kappa shape index (κ2) is 6.61. The molecule has 0 unspecified atom stereocenters. The van der Waals surface area contributed by atoms with Gasteiger partial charge in [-0.05, 0) is 48.7 Å². The van der Waals surface area contributed by atoms with Crippen molar-refractivity contribution in [1.82, 2.24) is 15.2 Å². The van der Waals surface area contributed by atoms with Crippen molar-refractivity contribution in [3.05, 3.63) is 58.9 Å². The van der Waals surface area contributed by atoms with Crippen molar-refractivity contribution in [3.8, 4) is 11.3 Å². The summed E-state index contributed by atoms with van der Waals surface area (Å²) in [6, 6.07) is 11.0. The molecule has 1 amide bonds. The molecular formula is C20H19BFN3O. The van der Waals surface area contributed by atoms with Gasteiger partial charge in [0.1, 0.15) is 5.82 Å². The third-order valence-electron chi connectivity index (χ3n) is 4.88. The summed E-state index contributed by atoms with van der Waals surface area (Å²) in [4.78, 5) is 17.6. The molecule has 1 aromatic heterocycles. The average Bonchev–Trinajstić information content (AvgIpc) is 2.90. The van der Waals surface area contributed by atoms with Crippen LogP contribution >= 0.6 is 0 Å². The molecule has 1 aliphatic heterocycles. The molecule has 1 aliphatic rings. The molecule has 0 bridgehead atoms. The van der Waals surface area contributed by atoms with Gasteiger partial charge in [-0.1, -0.05) is 24.3 Å². The summed E-state index contributed by atoms with van der Waals surface area (Å²) in [6.07, 6.45) is 1.21. The van der Waals surface area contributed by atoms with Gasteiger partial charge >= 0.3 is 0 Å². The fraction of sp³-hybridized carbons (Fsp3) is 0.250. The number of benzene rings is 2. The number of hydrogen-bond acceptors (Lipinski definition) is 2. The predicted molar refractivity (Wildman–Crippen MR) is 102 cm³/mol. The average molecular weight is 347 g/mol. The summed E-state index contributed by atoms with van der Waals surface area (Å²) in [5.41, 5.74) is 5.26. The number of nitrogens with one attached hydrogen (secondary N) is 2. The molecule has 4 nitrogen and oxygen atoms in total. The van der Waals surface area contributed by atoms with Crippen molar-refractivity contribution in [2.24, 2.45) is 0 Å². The molecule has 0 fully saturated rings. The van der Waals surface area contributed by atoms with Gasteiger partial charge < -0.3 is 15.2 Å². The minimum absolute atomic E-state index is 0.223. The van der Waals surface area contributed by atoms with Gasteiger partial charge in [-0.2, -0.15) is 0 Å². The fourth-order valence-corrected chi connectivity index (χ4v) is 3.59. The van der Waals surface area contributed by atoms with Gasteiger partial charge in [0.2, 0.25) is 0 Å². The van der Waals surface area contributed by atoms with Crippen molar-refractivity contribution >= 4 is 24.7 Å². The maximum Gasteiger partial charge on any atom is 0.252 e. The molecule has 2 radical (unpaired) electrons. The highest BCUT2D eigenvalue weighted by molar-refractivity contribution is 6.10. The van der Waals surface area contributed by atoms with Crippen molar-refractivity contribution in [3.63, 3.8) is 0 Å². The Morgan fingerprint density at radius 1 is 1.23 bits per heavy atom. The minimum Gasteiger partial charge on any atom is -0.354 e. The lowest BCUT2D eigenvalue weighted by Crippen LogP contribution is -2.23. The van der Waals surface area contributed by atoms with Crippen molar-refractivity contribution in [2.45, 2.75) is 13.0 Å². The van der Waals surface area contributed by atoms with Crippen LogP contribution in [-0.2, 0) is 13.0 Å². The lowest BCUT2D eigenvalue weighted by atomic mass is 9.99. The lowest BCUT2D eigenvalue weighted by Gasteiger charge is -2.14. The Balaban J connectivity index is 1.81. The summed E-state index contributed by atoms with van der Waals surface area (Å²) in [6.45, 7) is 1.32. The molecule has 2 N–H and O–H groups in total. The van der Waals surface area contributed by atoms with Gasteiger partial charge in [0.25, 0.3) is 5.91 Å². The summed E-state index contributed by atoms with van der Waals surface area (Å²) >= 11 is 0. The highest BCUT2D eigenvalue weighted by atomic mass is 19.1. The fourth-order valence-electron chi connectivity index (χ4n) is 3.59. The van der Waals surface area contributed by atoms with Crippen molar-refractivity contribution in [1.29, 1.82) is 0 Å². The van der Waals surface area contributed by atoms with Crippen molar-refractivity contribution in [2.75, 3.05) is 20.0 Å². The molecule has 0 atom stereocenters. The van der Waals surface area contributed by atoms with Crippen LogP contribution in [0.3, 0.4) is 0 Å². The van der Waals surface area contributed by atoms with E-state index in [9.17, 15) is 9.18 Å². The molecule has 0 saturated carbocycles. The zero-order valence-corrected chi connectivity index (χ0v) is 14.6. The molecule has 4 rings (SSSR count). The van der Waals surface area contributed by atoms with E-state index >= 15 is 0 Å². The topological polar surface area (TPSA) is 48.1 Å². The normalized spacial score (nSPS) is 13.9. The van der Waals surface area contributed by atoms with E-state index in [0.717, 1.165) is 28.8 Å². The zero-order chi connectivity index (χ0) is 18.3. The first-order chi connectivity index (χ1) is 12.6. The summed E-state index contributed by atoms with van der Waals surface area (Å²) in [7, 11) is 7.61. The number of halogens is 1. The third-order valence-corrected chi connectivity index (χ3v) is 4.88. The molecule has 0 aliphatic carbocycles. The number of rotatable bonds is 4. The quantitative estimate of drug-likeness (QED) is 0.713. The predicted octanol–water partition coefficient (Wildman–Crippen LogP) is 2.82. The number of carbonyl (C=O) groups excluding carboxylic acids is 1. The van der Waals surface area contributed by atoms with Crippen LogP contribution in [0.25, 0.3) is 22.2 Å². The van der Waals surface area contributed by atoms with Gasteiger partial charge in [0.05, 0.1) is 13.4 Å². The highest BCUT2D eigenvalue weighted by Gasteiger charge is 2.23. The van der Waals surface area contributed by atoms with Gasteiger partial charge in [-0.3, -0.25) is 4.79 Å². The van der Waals surface area contributed by atoms with E-state index in [2.05, 4.69) is 34.6 Å². The maximum atomic E-state index is 14.0. The molecule has 3 aromatic rings. The number of nitrogens with zero attached hydrogens (tertiary/aromatic N) is 1. The third kappa shape index (κ3) is 2.90. The minimum atomic E-state index is -0.413. The molecule has 130 valence electrons. The second-order valence-electron chi connectivity index (χ2n) is 6.75. The molecule has 2 aromatic carbocycles. The lowest BCUT2D eigenvalue weighted by molar-refractivity contribution is 0.0957. The van der Waals surface area contributed by atoms with Crippen LogP contribution in [0.15, 0.2) is 36.4 Å². The number of H-pyrrole nitrogens is 1. The van der Waals surface area contributed by atoms with Gasteiger partial charge in [-0.15, -0.1) is 0 Å². The molecule has 0 spiro atoms. The Labute approximate surface area is 152 Å². The number of aromatic nitrogens is 1. The molecular weight excluding hydrogens is 328 g/mol. The first kappa shape index (κ1) is 16.9. The molecule has 2 heterocycles. The van der Waals surface area contributed by atoms with Crippen LogP contribution < -0.4 is 5.32 Å². The van der Waals surface area contributed by atoms with E-state index in [0.29, 0.717) is 30.5 Å². The van der Waals surface area contributed by atoms with E-state index in [4.69, 9.17) is 7.85 Å². The van der Waals surface area contributed by atoms with Gasteiger partial charge in [-0.25, -0.2) is 4.39 Å². The largest absolute Gasteiger partial charge is 0.354 e. The first-order valence-electron chi connectivity index (χ1n) is 8.67. The van der Waals surface area contributed by atoms with E-state index in [1.807, 2.05) is 11.9 Å². The molecule has 0 saturated heterocycles. The number of aromatic amines is 1. The Hall–Kier alpha value is -2.60. The summed E-state index contributed by atoms with van der Waals surface area (Å²) in [5.74, 6) is -0.636. The second-order valence-corrected chi connectivity index (χ2v) is 6.75. The number of hydrogen-bond donors (Lipinski definition) is 2. The van der Waals surface area contributed by atoms with Crippen LogP contribution in [0.5, 0.6) is 0 Å². The zero-order valence-electron chi connectivity index (χ0n) is 14.6. The van der Waals surface area contributed by atoms with Crippen LogP contribution in [0.2, 0.25) is 0 Å². The smallest absolute Gasteiger partial charge is 0.252 e.